The van der Waals surface area contributed by atoms with Gasteiger partial charge in [0.05, 0.1) is 18.7 Å². The van der Waals surface area contributed by atoms with Gasteiger partial charge in [-0.25, -0.2) is 0 Å². The Morgan fingerprint density at radius 1 is 1.12 bits per heavy atom. The van der Waals surface area contributed by atoms with E-state index >= 15 is 0 Å². The molecule has 1 atom stereocenters. The van der Waals surface area contributed by atoms with Gasteiger partial charge in [0.1, 0.15) is 23.9 Å². The highest BCUT2D eigenvalue weighted by Crippen LogP contribution is 2.41. The highest BCUT2D eigenvalue weighted by atomic mass is 16.5. The quantitative estimate of drug-likeness (QED) is 0.236. The first-order valence-electron chi connectivity index (χ1n) is 10.7. The predicted octanol–water partition coefficient (Wildman–Crippen LogP) is 4.28. The number of nitrogens with zero attached hydrogens (tertiary/aromatic N) is 2. The minimum absolute atomic E-state index is 0.0138. The van der Waals surface area contributed by atoms with Crippen LogP contribution < -0.4 is 9.47 Å². The van der Waals surface area contributed by atoms with E-state index in [2.05, 4.69) is 11.6 Å². The summed E-state index contributed by atoms with van der Waals surface area (Å²) in [5.74, 6) is -0.524. The van der Waals surface area contributed by atoms with Crippen molar-refractivity contribution in [3.8, 4) is 11.5 Å². The molecule has 1 aromatic heterocycles. The number of Topliss-reactive ketones (excluding diaryl/α,β-unsaturated/α-hetero) is 1. The Morgan fingerprint density at radius 3 is 2.59 bits per heavy atom. The fourth-order valence-electron chi connectivity index (χ4n) is 3.91. The zero-order valence-corrected chi connectivity index (χ0v) is 18.7. The van der Waals surface area contributed by atoms with Crippen LogP contribution in [0.2, 0.25) is 0 Å². The largest absolute Gasteiger partial charge is 0.507 e. The van der Waals surface area contributed by atoms with E-state index < -0.39 is 17.7 Å². The van der Waals surface area contributed by atoms with Crippen LogP contribution in [0.1, 0.15) is 22.7 Å². The molecular formula is C27H24N2O5. The molecule has 1 amide bonds. The van der Waals surface area contributed by atoms with Crippen LogP contribution in [0, 0.1) is 0 Å². The lowest BCUT2D eigenvalue weighted by molar-refractivity contribution is -0.140. The van der Waals surface area contributed by atoms with Crippen molar-refractivity contribution < 1.29 is 24.2 Å². The second-order valence-electron chi connectivity index (χ2n) is 7.69. The number of aromatic nitrogens is 1. The molecule has 1 N–H and O–H groups in total. The lowest BCUT2D eigenvalue weighted by Crippen LogP contribution is -2.29. The molecule has 34 heavy (non-hydrogen) atoms. The summed E-state index contributed by atoms with van der Waals surface area (Å²) in [5.41, 5.74) is 1.82. The number of ether oxygens (including phenoxy) is 2. The Kier molecular flexibility index (Phi) is 6.73. The van der Waals surface area contributed by atoms with Crippen LogP contribution >= 0.6 is 0 Å². The van der Waals surface area contributed by atoms with Gasteiger partial charge in [0.15, 0.2) is 0 Å². The normalized spacial score (nSPS) is 17.0. The van der Waals surface area contributed by atoms with E-state index in [-0.39, 0.29) is 17.9 Å². The second kappa shape index (κ2) is 10.0. The molecular weight excluding hydrogens is 432 g/mol. The van der Waals surface area contributed by atoms with Crippen molar-refractivity contribution in [2.75, 3.05) is 13.7 Å². The van der Waals surface area contributed by atoms with Crippen molar-refractivity contribution in [3.05, 3.63) is 108 Å². The molecule has 0 aliphatic carbocycles. The van der Waals surface area contributed by atoms with Crippen molar-refractivity contribution in [2.24, 2.45) is 0 Å². The topological polar surface area (TPSA) is 89.0 Å². The van der Waals surface area contributed by atoms with Crippen LogP contribution in [0.5, 0.6) is 11.5 Å². The number of amides is 1. The Hall–Kier alpha value is -4.39. The number of aliphatic hydroxyl groups excluding tert-OH is 1. The average Bonchev–Trinajstić information content (AvgIpc) is 3.13. The first kappa shape index (κ1) is 22.8. The summed E-state index contributed by atoms with van der Waals surface area (Å²) in [6.07, 6.45) is 4.91. The van der Waals surface area contributed by atoms with Gasteiger partial charge in [-0.1, -0.05) is 30.9 Å². The number of rotatable bonds is 8. The van der Waals surface area contributed by atoms with Gasteiger partial charge < -0.3 is 19.5 Å². The lowest BCUT2D eigenvalue weighted by Gasteiger charge is -2.25. The fraction of sp³-hybridized carbons (Fsp3) is 0.148. The van der Waals surface area contributed by atoms with Gasteiger partial charge in [-0.3, -0.25) is 14.6 Å². The van der Waals surface area contributed by atoms with Crippen LogP contribution in [0.15, 0.2) is 91.3 Å². The van der Waals surface area contributed by atoms with Crippen LogP contribution in [-0.4, -0.2) is 40.4 Å². The van der Waals surface area contributed by atoms with Gasteiger partial charge >= 0.3 is 0 Å². The molecule has 0 saturated carbocycles. The summed E-state index contributed by atoms with van der Waals surface area (Å²) in [6.45, 7) is 4.12. The molecule has 172 valence electrons. The first-order valence-corrected chi connectivity index (χ1v) is 10.7. The molecule has 1 unspecified atom stereocenters. The Balaban J connectivity index is 1.83. The summed E-state index contributed by atoms with van der Waals surface area (Å²) in [7, 11) is 1.54. The van der Waals surface area contributed by atoms with E-state index in [4.69, 9.17) is 9.47 Å². The van der Waals surface area contributed by atoms with Crippen LogP contribution in [0.3, 0.4) is 0 Å². The minimum atomic E-state index is -0.811. The number of pyridine rings is 1. The maximum Gasteiger partial charge on any atom is 0.295 e. The van der Waals surface area contributed by atoms with Crippen LogP contribution in [-0.2, 0) is 16.1 Å². The van der Waals surface area contributed by atoms with Crippen molar-refractivity contribution >= 4 is 17.4 Å². The molecule has 1 aliphatic heterocycles. The van der Waals surface area contributed by atoms with Gasteiger partial charge in [0.25, 0.3) is 11.7 Å². The smallest absolute Gasteiger partial charge is 0.295 e. The maximum absolute atomic E-state index is 13.2. The highest BCUT2D eigenvalue weighted by Gasteiger charge is 2.46. The van der Waals surface area contributed by atoms with Crippen molar-refractivity contribution in [1.82, 2.24) is 9.88 Å². The number of ketones is 1. The molecule has 1 fully saturated rings. The molecule has 3 aromatic rings. The van der Waals surface area contributed by atoms with E-state index in [9.17, 15) is 14.7 Å². The predicted molar refractivity (Wildman–Crippen MR) is 127 cm³/mol. The number of likely N-dealkylation sites (tertiary alicyclic amines) is 1. The highest BCUT2D eigenvalue weighted by molar-refractivity contribution is 6.46. The number of benzene rings is 2. The summed E-state index contributed by atoms with van der Waals surface area (Å²) in [5, 5.41) is 11.2. The van der Waals surface area contributed by atoms with Crippen molar-refractivity contribution in [1.29, 1.82) is 0 Å². The summed E-state index contributed by atoms with van der Waals surface area (Å²) < 4.78 is 10.8. The first-order chi connectivity index (χ1) is 16.5. The molecule has 0 bridgehead atoms. The fourth-order valence-corrected chi connectivity index (χ4v) is 3.91. The van der Waals surface area contributed by atoms with Crippen molar-refractivity contribution in [2.45, 2.75) is 12.6 Å². The van der Waals surface area contributed by atoms with Crippen molar-refractivity contribution in [3.63, 3.8) is 0 Å². The number of hydrogen-bond donors (Lipinski definition) is 1. The Morgan fingerprint density at radius 2 is 1.91 bits per heavy atom. The zero-order valence-electron chi connectivity index (χ0n) is 18.7. The minimum Gasteiger partial charge on any atom is -0.507 e. The third-order valence-electron chi connectivity index (χ3n) is 5.52. The number of hydrogen-bond acceptors (Lipinski definition) is 6. The number of aliphatic hydroxyl groups is 1. The summed E-state index contributed by atoms with van der Waals surface area (Å²) >= 11 is 0. The lowest BCUT2D eigenvalue weighted by atomic mass is 9.95. The molecule has 0 spiro atoms. The van der Waals surface area contributed by atoms with Gasteiger partial charge in [-0.15, -0.1) is 0 Å². The van der Waals surface area contributed by atoms with Gasteiger partial charge in [-0.2, -0.15) is 0 Å². The SMILES string of the molecule is C=CCOc1cccc(C2/C(=C(/O)c3ccc(OC)cc3)C(=O)C(=O)N2Cc2cccnc2)c1. The second-order valence-corrected chi connectivity index (χ2v) is 7.69. The number of carbonyl (C=O) groups is 2. The van der Waals surface area contributed by atoms with E-state index in [0.29, 0.717) is 29.2 Å². The van der Waals surface area contributed by atoms with E-state index in [1.54, 1.807) is 80.2 Å². The number of methoxy groups -OCH3 is 1. The van der Waals surface area contributed by atoms with Gasteiger partial charge in [0, 0.05) is 24.5 Å². The number of carbonyl (C=O) groups excluding carboxylic acids is 2. The Labute approximate surface area is 197 Å². The van der Waals surface area contributed by atoms with E-state index in [1.807, 2.05) is 6.07 Å². The molecule has 1 saturated heterocycles. The molecule has 0 radical (unpaired) electrons. The zero-order chi connectivity index (χ0) is 24.1. The van der Waals surface area contributed by atoms with Crippen LogP contribution in [0.4, 0.5) is 0 Å². The van der Waals surface area contributed by atoms with E-state index in [0.717, 1.165) is 5.56 Å². The van der Waals surface area contributed by atoms with Crippen LogP contribution in [0.25, 0.3) is 5.76 Å². The maximum atomic E-state index is 13.2. The standard InChI is InChI=1S/C27H24N2O5/c1-3-14-34-22-8-4-7-20(15-22)24-23(25(30)19-9-11-21(33-2)12-10-19)26(31)27(32)29(24)17-18-6-5-13-28-16-18/h3-13,15-16,24,30H,1,14,17H2,2H3/b25-23-. The monoisotopic (exact) mass is 456 g/mol. The van der Waals surface area contributed by atoms with Gasteiger partial charge in [0.2, 0.25) is 0 Å². The average molecular weight is 456 g/mol. The molecule has 7 nitrogen and oxygen atoms in total. The summed E-state index contributed by atoms with van der Waals surface area (Å²) in [6, 6.07) is 16.6. The summed E-state index contributed by atoms with van der Waals surface area (Å²) in [4.78, 5) is 31.9. The Bertz CT molecular complexity index is 1240. The molecule has 2 heterocycles. The molecule has 1 aliphatic rings. The molecule has 7 heteroatoms. The van der Waals surface area contributed by atoms with E-state index in [1.165, 1.54) is 4.90 Å². The third-order valence-corrected chi connectivity index (χ3v) is 5.52. The molecule has 4 rings (SSSR count). The van der Waals surface area contributed by atoms with Gasteiger partial charge in [-0.05, 0) is 53.6 Å². The third kappa shape index (κ3) is 4.54. The molecule has 2 aromatic carbocycles.